The molecule has 2 saturated carbocycles. The Labute approximate surface area is 296 Å². The summed E-state index contributed by atoms with van der Waals surface area (Å²) >= 11 is 0. The Bertz CT molecular complexity index is 1720. The molecule has 50 heavy (non-hydrogen) atoms. The Hall–Kier alpha value is -3.85. The van der Waals surface area contributed by atoms with Crippen molar-refractivity contribution in [3.05, 3.63) is 58.7 Å². The van der Waals surface area contributed by atoms with Gasteiger partial charge in [-0.1, -0.05) is 52.7 Å². The molecular weight excluding hydrogens is 628 g/mol. The highest BCUT2D eigenvalue weighted by Gasteiger charge is 2.56. The maximum atomic E-state index is 14.4. The standard InChI is InChI=1S/C41H54N4O5/c1-38(18-6-19-39(2)30-23-29(45-35(47)24-42)15-11-26(30)12-16-32(38)39)25-43-37(50)41(4)21-7-20-40(3)31-22-28(14-10-27(31)13-17-33(40)41)44-34(46)8-5-9-36(48)49/h10-11,14-15,22-23,25,32-33H,5-9,12-13,16-21,24,42H2,1-4H3,(H,44,46)(H,45,47)(H,48,49)/t32?,33?,38-,39-,40-,41+/m1/s1. The van der Waals surface area contributed by atoms with Gasteiger partial charge in [0.2, 0.25) is 11.8 Å². The SMILES string of the molecule is C[C@]1(C=NC(=O)[C@@]2(C)CCC[C@]3(C)c4cc(NC(=O)CCCC(=O)O)ccc4CCC23)CCC[C@]2(C)c3cc(NC(=O)CN)ccc3CCC12. The maximum absolute atomic E-state index is 14.4. The molecule has 0 bridgehead atoms. The number of nitrogens with two attached hydrogens (primary N) is 1. The van der Waals surface area contributed by atoms with Gasteiger partial charge >= 0.3 is 5.97 Å². The second kappa shape index (κ2) is 13.7. The van der Waals surface area contributed by atoms with Crippen molar-refractivity contribution < 1.29 is 24.3 Å². The van der Waals surface area contributed by atoms with Gasteiger partial charge in [0.05, 0.1) is 12.0 Å². The molecule has 0 saturated heterocycles. The van der Waals surface area contributed by atoms with Crippen molar-refractivity contribution in [3.8, 4) is 0 Å². The molecule has 0 aromatic heterocycles. The highest BCUT2D eigenvalue weighted by molar-refractivity contribution is 5.93. The van der Waals surface area contributed by atoms with E-state index in [9.17, 15) is 19.2 Å². The molecule has 2 aromatic rings. The molecule has 3 amide bonds. The molecule has 6 rings (SSSR count). The van der Waals surface area contributed by atoms with E-state index in [1.165, 1.54) is 22.3 Å². The molecule has 2 unspecified atom stereocenters. The van der Waals surface area contributed by atoms with E-state index in [2.05, 4.69) is 62.6 Å². The van der Waals surface area contributed by atoms with Crippen molar-refractivity contribution in [1.82, 2.24) is 0 Å². The van der Waals surface area contributed by atoms with Gasteiger partial charge < -0.3 is 21.5 Å². The molecule has 0 aliphatic heterocycles. The molecule has 5 N–H and O–H groups in total. The molecule has 2 aromatic carbocycles. The second-order valence-electron chi connectivity index (χ2n) is 16.5. The lowest BCUT2D eigenvalue weighted by atomic mass is 9.49. The van der Waals surface area contributed by atoms with E-state index >= 15 is 0 Å². The number of nitrogens with zero attached hydrogens (tertiary/aromatic N) is 1. The van der Waals surface area contributed by atoms with Crippen LogP contribution in [0.4, 0.5) is 11.4 Å². The first-order valence-electron chi connectivity index (χ1n) is 18.6. The van der Waals surface area contributed by atoms with Crippen molar-refractivity contribution in [2.24, 2.45) is 33.4 Å². The monoisotopic (exact) mass is 682 g/mol. The van der Waals surface area contributed by atoms with E-state index in [0.717, 1.165) is 75.6 Å². The van der Waals surface area contributed by atoms with Crippen LogP contribution < -0.4 is 16.4 Å². The zero-order chi connectivity index (χ0) is 35.9. The summed E-state index contributed by atoms with van der Waals surface area (Å²) in [7, 11) is 0. The van der Waals surface area contributed by atoms with Crippen LogP contribution in [-0.4, -0.2) is 41.6 Å². The predicted molar refractivity (Wildman–Crippen MR) is 196 cm³/mol. The molecule has 268 valence electrons. The number of aliphatic carboxylic acids is 1. The van der Waals surface area contributed by atoms with Gasteiger partial charge in [-0.15, -0.1) is 0 Å². The fraction of sp³-hybridized carbons (Fsp3) is 0.585. The second-order valence-corrected chi connectivity index (χ2v) is 16.5. The number of amides is 3. The highest BCUT2D eigenvalue weighted by Crippen LogP contribution is 2.59. The number of carbonyl (C=O) groups is 4. The van der Waals surface area contributed by atoms with Gasteiger partial charge in [-0.3, -0.25) is 19.2 Å². The van der Waals surface area contributed by atoms with E-state index in [1.54, 1.807) is 0 Å². The van der Waals surface area contributed by atoms with E-state index in [4.69, 9.17) is 15.8 Å². The number of nitrogens with one attached hydrogen (secondary N) is 2. The average Bonchev–Trinajstić information content (AvgIpc) is 3.07. The number of aryl methyl sites for hydroxylation is 2. The first-order valence-corrected chi connectivity index (χ1v) is 18.6. The first-order chi connectivity index (χ1) is 23.7. The summed E-state index contributed by atoms with van der Waals surface area (Å²) in [5, 5.41) is 14.8. The Morgan fingerprint density at radius 2 is 1.36 bits per heavy atom. The van der Waals surface area contributed by atoms with Crippen LogP contribution in [0.1, 0.15) is 121 Å². The van der Waals surface area contributed by atoms with Crippen LogP contribution >= 0.6 is 0 Å². The number of fused-ring (bicyclic) bond motifs is 6. The van der Waals surface area contributed by atoms with Crippen molar-refractivity contribution in [2.45, 2.75) is 122 Å². The van der Waals surface area contributed by atoms with Gasteiger partial charge in [0.1, 0.15) is 0 Å². The van der Waals surface area contributed by atoms with Crippen LogP contribution in [0, 0.1) is 22.7 Å². The minimum absolute atomic E-state index is 0.0174. The number of hydrogen-bond acceptors (Lipinski definition) is 5. The van der Waals surface area contributed by atoms with Crippen LogP contribution in [0.3, 0.4) is 0 Å². The summed E-state index contributed by atoms with van der Waals surface area (Å²) in [5.74, 6) is -0.869. The third-order valence-electron chi connectivity index (χ3n) is 13.3. The first kappa shape index (κ1) is 36.0. The summed E-state index contributed by atoms with van der Waals surface area (Å²) in [6.07, 6.45) is 12.0. The molecule has 0 heterocycles. The number of carbonyl (C=O) groups excluding carboxylic acids is 3. The zero-order valence-corrected chi connectivity index (χ0v) is 30.2. The van der Waals surface area contributed by atoms with Crippen LogP contribution in [0.15, 0.2) is 41.4 Å². The van der Waals surface area contributed by atoms with Crippen molar-refractivity contribution in [1.29, 1.82) is 0 Å². The molecule has 0 radical (unpaired) electrons. The van der Waals surface area contributed by atoms with E-state index in [0.29, 0.717) is 12.3 Å². The summed E-state index contributed by atoms with van der Waals surface area (Å²) < 4.78 is 0. The third-order valence-corrected chi connectivity index (χ3v) is 13.3. The Balaban J connectivity index is 1.22. The highest BCUT2D eigenvalue weighted by atomic mass is 16.4. The minimum Gasteiger partial charge on any atom is -0.481 e. The van der Waals surface area contributed by atoms with Gasteiger partial charge in [0, 0.05) is 35.8 Å². The predicted octanol–water partition coefficient (Wildman–Crippen LogP) is 7.10. The molecule has 6 atom stereocenters. The number of carboxylic acids is 1. The van der Waals surface area contributed by atoms with Gasteiger partial charge in [0.15, 0.2) is 0 Å². The van der Waals surface area contributed by atoms with E-state index < -0.39 is 11.4 Å². The topological polar surface area (TPSA) is 151 Å². The van der Waals surface area contributed by atoms with Crippen LogP contribution in [-0.2, 0) is 42.8 Å². The lowest BCUT2D eigenvalue weighted by molar-refractivity contribution is -0.137. The van der Waals surface area contributed by atoms with Gasteiger partial charge in [-0.25, -0.2) is 4.99 Å². The van der Waals surface area contributed by atoms with Gasteiger partial charge in [-0.05, 0) is 127 Å². The van der Waals surface area contributed by atoms with Crippen LogP contribution in [0.5, 0.6) is 0 Å². The average molecular weight is 683 g/mol. The molecular formula is C41H54N4O5. The molecule has 4 aliphatic rings. The Morgan fingerprint density at radius 3 is 1.96 bits per heavy atom. The largest absolute Gasteiger partial charge is 0.481 e. The number of aliphatic imine (C=N–C) groups is 1. The Morgan fingerprint density at radius 1 is 0.800 bits per heavy atom. The number of anilines is 2. The summed E-state index contributed by atoms with van der Waals surface area (Å²) in [6, 6.07) is 12.4. The molecule has 4 aliphatic carbocycles. The van der Waals surface area contributed by atoms with Crippen molar-refractivity contribution in [2.75, 3.05) is 17.2 Å². The lowest BCUT2D eigenvalue weighted by Gasteiger charge is -2.55. The maximum Gasteiger partial charge on any atom is 0.303 e. The fourth-order valence-electron chi connectivity index (χ4n) is 10.7. The zero-order valence-electron chi connectivity index (χ0n) is 30.2. The molecule has 2 fully saturated rings. The third kappa shape index (κ3) is 6.54. The summed E-state index contributed by atoms with van der Waals surface area (Å²) in [5.41, 5.74) is 11.0. The normalized spacial score (nSPS) is 31.5. The Kier molecular flexibility index (Phi) is 9.85. The van der Waals surface area contributed by atoms with Crippen molar-refractivity contribution in [3.63, 3.8) is 0 Å². The quantitative estimate of drug-likeness (QED) is 0.207. The molecule has 9 heteroatoms. The summed E-state index contributed by atoms with van der Waals surface area (Å²) in [6.45, 7) is 9.02. The number of carboxylic acid groups (broad SMARTS) is 1. The van der Waals surface area contributed by atoms with Crippen LogP contribution in [0.25, 0.3) is 0 Å². The minimum atomic E-state index is -0.902. The molecule has 9 nitrogen and oxygen atoms in total. The fourth-order valence-corrected chi connectivity index (χ4v) is 10.7. The number of benzene rings is 2. The van der Waals surface area contributed by atoms with Crippen molar-refractivity contribution >= 4 is 41.3 Å². The molecule has 0 spiro atoms. The summed E-state index contributed by atoms with van der Waals surface area (Å²) in [4.78, 5) is 54.9. The smallest absolute Gasteiger partial charge is 0.303 e. The van der Waals surface area contributed by atoms with Gasteiger partial charge in [0.25, 0.3) is 5.91 Å². The van der Waals surface area contributed by atoms with E-state index in [-0.39, 0.29) is 59.3 Å². The number of rotatable bonds is 9. The van der Waals surface area contributed by atoms with E-state index in [1.807, 2.05) is 18.3 Å². The number of hydrogen-bond donors (Lipinski definition) is 4. The lowest BCUT2D eigenvalue weighted by Crippen LogP contribution is -2.52. The van der Waals surface area contributed by atoms with Crippen LogP contribution in [0.2, 0.25) is 0 Å². The van der Waals surface area contributed by atoms with Gasteiger partial charge in [-0.2, -0.15) is 0 Å².